The number of alkyl halides is 3. The van der Waals surface area contributed by atoms with Gasteiger partial charge in [0.25, 0.3) is 15.6 Å². The van der Waals surface area contributed by atoms with E-state index in [4.69, 9.17) is 45.0 Å². The molecule has 8 nitrogen and oxygen atoms in total. The van der Waals surface area contributed by atoms with Crippen molar-refractivity contribution in [2.24, 2.45) is 0 Å². The van der Waals surface area contributed by atoms with Crippen LogP contribution in [0.25, 0.3) is 0 Å². The standard InChI is InChI=1S/C8H12Cl3NO7/c9-8(10,11)7(19)12-6(18)5(17)4(16)3(15)2(14)1-13/h2-5,13-17H,1H2,(H,12,18,19)/t2-,3-,4+,5-/m1/s1. The fourth-order valence-electron chi connectivity index (χ4n) is 0.934. The third kappa shape index (κ3) is 5.76. The zero-order valence-electron chi connectivity index (χ0n) is 9.20. The van der Waals surface area contributed by atoms with E-state index in [0.29, 0.717) is 0 Å². The van der Waals surface area contributed by atoms with Crippen molar-refractivity contribution in [3.05, 3.63) is 0 Å². The molecule has 0 rings (SSSR count). The summed E-state index contributed by atoms with van der Waals surface area (Å²) in [6.45, 7) is -0.917. The van der Waals surface area contributed by atoms with Crippen molar-refractivity contribution in [2.75, 3.05) is 6.61 Å². The van der Waals surface area contributed by atoms with E-state index in [1.807, 2.05) is 0 Å². The van der Waals surface area contributed by atoms with Gasteiger partial charge in [0.2, 0.25) is 0 Å². The Morgan fingerprint density at radius 2 is 1.53 bits per heavy atom. The first-order valence-electron chi connectivity index (χ1n) is 4.77. The van der Waals surface area contributed by atoms with E-state index in [1.54, 1.807) is 0 Å². The third-order valence-electron chi connectivity index (χ3n) is 2.02. The second-order valence-electron chi connectivity index (χ2n) is 3.49. The minimum atomic E-state index is -2.45. The number of imide groups is 1. The molecule has 0 aromatic heterocycles. The van der Waals surface area contributed by atoms with E-state index >= 15 is 0 Å². The minimum Gasteiger partial charge on any atom is -0.394 e. The molecule has 0 aliphatic carbocycles. The van der Waals surface area contributed by atoms with Crippen molar-refractivity contribution in [1.29, 1.82) is 0 Å². The topological polar surface area (TPSA) is 147 Å². The van der Waals surface area contributed by atoms with Crippen LogP contribution in [0.2, 0.25) is 0 Å². The Morgan fingerprint density at radius 1 is 1.05 bits per heavy atom. The molecule has 0 saturated heterocycles. The van der Waals surface area contributed by atoms with E-state index in [0.717, 1.165) is 0 Å². The molecule has 0 radical (unpaired) electrons. The first-order valence-corrected chi connectivity index (χ1v) is 5.91. The molecule has 11 heteroatoms. The fourth-order valence-corrected chi connectivity index (χ4v) is 1.08. The Balaban J connectivity index is 4.61. The predicted molar refractivity (Wildman–Crippen MR) is 64.6 cm³/mol. The smallest absolute Gasteiger partial charge is 0.278 e. The van der Waals surface area contributed by atoms with Gasteiger partial charge < -0.3 is 25.5 Å². The van der Waals surface area contributed by atoms with Crippen molar-refractivity contribution in [2.45, 2.75) is 28.2 Å². The van der Waals surface area contributed by atoms with Gasteiger partial charge in [-0.3, -0.25) is 14.9 Å². The monoisotopic (exact) mass is 339 g/mol. The Kier molecular flexibility index (Phi) is 7.48. The summed E-state index contributed by atoms with van der Waals surface area (Å²) < 4.78 is -2.45. The number of amides is 2. The molecule has 0 saturated carbocycles. The van der Waals surface area contributed by atoms with Gasteiger partial charge in [-0.25, -0.2) is 0 Å². The van der Waals surface area contributed by atoms with E-state index in [1.165, 1.54) is 5.32 Å². The average Bonchev–Trinajstić information content (AvgIpc) is 2.33. The molecular weight excluding hydrogens is 328 g/mol. The van der Waals surface area contributed by atoms with Crippen LogP contribution in [0.4, 0.5) is 0 Å². The number of hydrogen-bond donors (Lipinski definition) is 6. The van der Waals surface area contributed by atoms with Gasteiger partial charge in [0.1, 0.15) is 18.3 Å². The molecule has 0 aliphatic rings. The normalized spacial score (nSPS) is 18.3. The lowest BCUT2D eigenvalue weighted by atomic mass is 10.0. The Bertz CT molecular complexity index is 335. The molecule has 0 aliphatic heterocycles. The zero-order valence-corrected chi connectivity index (χ0v) is 11.5. The predicted octanol–water partition coefficient (Wildman–Crippen LogP) is -2.56. The number of rotatable bonds is 5. The molecule has 19 heavy (non-hydrogen) atoms. The van der Waals surface area contributed by atoms with Crippen LogP contribution in [0.5, 0.6) is 0 Å². The van der Waals surface area contributed by atoms with Crippen LogP contribution in [0, 0.1) is 0 Å². The van der Waals surface area contributed by atoms with Gasteiger partial charge in [0.15, 0.2) is 6.10 Å². The molecule has 2 amide bonds. The maximum Gasteiger partial charge on any atom is 0.278 e. The van der Waals surface area contributed by atoms with Crippen molar-refractivity contribution >= 4 is 46.6 Å². The Hall–Kier alpha value is -0.190. The maximum atomic E-state index is 11.3. The summed E-state index contributed by atoms with van der Waals surface area (Å²) in [6, 6.07) is 0. The quantitative estimate of drug-likeness (QED) is 0.302. The highest BCUT2D eigenvalue weighted by Gasteiger charge is 2.38. The zero-order chi connectivity index (χ0) is 15.4. The van der Waals surface area contributed by atoms with Gasteiger partial charge in [0, 0.05) is 0 Å². The van der Waals surface area contributed by atoms with Crippen LogP contribution in [-0.2, 0) is 9.59 Å². The summed E-state index contributed by atoms with van der Waals surface area (Å²) in [5.41, 5.74) is 0. The lowest BCUT2D eigenvalue weighted by Crippen LogP contribution is -2.53. The first-order chi connectivity index (χ1) is 8.52. The number of nitrogens with one attached hydrogen (secondary N) is 1. The largest absolute Gasteiger partial charge is 0.394 e. The van der Waals surface area contributed by atoms with Crippen LogP contribution >= 0.6 is 34.8 Å². The van der Waals surface area contributed by atoms with Gasteiger partial charge in [-0.2, -0.15) is 0 Å². The van der Waals surface area contributed by atoms with Crippen molar-refractivity contribution in [3.8, 4) is 0 Å². The van der Waals surface area contributed by atoms with E-state index in [2.05, 4.69) is 0 Å². The van der Waals surface area contributed by atoms with Crippen LogP contribution in [0.1, 0.15) is 0 Å². The van der Waals surface area contributed by atoms with E-state index in [9.17, 15) is 24.9 Å². The molecule has 0 bridgehead atoms. The number of carbonyl (C=O) groups is 2. The molecular formula is C8H12Cl3NO7. The molecule has 0 fully saturated rings. The van der Waals surface area contributed by atoms with Crippen LogP contribution in [0.15, 0.2) is 0 Å². The van der Waals surface area contributed by atoms with Crippen LogP contribution in [-0.4, -0.2) is 72.2 Å². The van der Waals surface area contributed by atoms with Crippen LogP contribution in [0.3, 0.4) is 0 Å². The van der Waals surface area contributed by atoms with Crippen molar-refractivity contribution in [1.82, 2.24) is 5.32 Å². The summed E-state index contributed by atoms with van der Waals surface area (Å²) in [5, 5.41) is 46.9. The summed E-state index contributed by atoms with van der Waals surface area (Å²) >= 11 is 15.4. The summed E-state index contributed by atoms with van der Waals surface area (Å²) in [4.78, 5) is 22.4. The summed E-state index contributed by atoms with van der Waals surface area (Å²) in [7, 11) is 0. The molecule has 0 aromatic rings. The van der Waals surface area contributed by atoms with Gasteiger partial charge in [-0.15, -0.1) is 0 Å². The van der Waals surface area contributed by atoms with Gasteiger partial charge in [0.05, 0.1) is 6.61 Å². The summed E-state index contributed by atoms with van der Waals surface area (Å²) in [6.07, 6.45) is -8.26. The highest BCUT2D eigenvalue weighted by molar-refractivity contribution is 6.76. The number of carbonyl (C=O) groups excluding carboxylic acids is 2. The summed E-state index contributed by atoms with van der Waals surface area (Å²) in [5.74, 6) is -2.82. The molecule has 4 atom stereocenters. The average molecular weight is 341 g/mol. The highest BCUT2D eigenvalue weighted by Crippen LogP contribution is 2.25. The molecule has 0 unspecified atom stereocenters. The first kappa shape index (κ1) is 18.8. The number of aliphatic hydroxyl groups excluding tert-OH is 5. The van der Waals surface area contributed by atoms with Crippen LogP contribution < -0.4 is 5.32 Å². The Labute approximate surface area is 122 Å². The fraction of sp³-hybridized carbons (Fsp3) is 0.750. The highest BCUT2D eigenvalue weighted by atomic mass is 35.6. The SMILES string of the molecule is O=C(NC(=O)C(Cl)(Cl)Cl)[C@H](O)[C@@H](O)[C@H](O)[C@H](O)CO. The molecule has 0 aromatic carbocycles. The molecule has 112 valence electrons. The molecule has 0 heterocycles. The van der Waals surface area contributed by atoms with Crippen molar-refractivity contribution in [3.63, 3.8) is 0 Å². The lowest BCUT2D eigenvalue weighted by molar-refractivity contribution is -0.151. The van der Waals surface area contributed by atoms with Gasteiger partial charge >= 0.3 is 0 Å². The maximum absolute atomic E-state index is 11.3. The minimum absolute atomic E-state index is 0.917. The number of hydrogen-bond acceptors (Lipinski definition) is 7. The van der Waals surface area contributed by atoms with E-state index < -0.39 is 46.6 Å². The Morgan fingerprint density at radius 3 is 1.89 bits per heavy atom. The lowest BCUT2D eigenvalue weighted by Gasteiger charge is -2.25. The van der Waals surface area contributed by atoms with Crippen molar-refractivity contribution < 1.29 is 35.1 Å². The number of halogens is 3. The van der Waals surface area contributed by atoms with Gasteiger partial charge in [-0.1, -0.05) is 34.8 Å². The van der Waals surface area contributed by atoms with Gasteiger partial charge in [-0.05, 0) is 0 Å². The van der Waals surface area contributed by atoms with E-state index in [-0.39, 0.29) is 0 Å². The third-order valence-corrected chi connectivity index (χ3v) is 2.53. The second-order valence-corrected chi connectivity index (χ2v) is 5.77. The number of aliphatic hydroxyl groups is 5. The molecule has 6 N–H and O–H groups in total. The second kappa shape index (κ2) is 7.55. The molecule has 0 spiro atoms.